The fourth-order valence-electron chi connectivity index (χ4n) is 2.96. The molecule has 2 N–H and O–H groups in total. The normalized spacial score (nSPS) is 15.4. The molecule has 1 aliphatic rings. The number of hydrogen-bond acceptors (Lipinski definition) is 6. The zero-order valence-corrected chi connectivity index (χ0v) is 15.5. The third kappa shape index (κ3) is 3.28. The number of halogens is 3. The van der Waals surface area contributed by atoms with Crippen LogP contribution in [-0.2, 0) is 10.9 Å². The predicted molar refractivity (Wildman–Crippen MR) is 99.1 cm³/mol. The van der Waals surface area contributed by atoms with Crippen molar-refractivity contribution in [1.29, 1.82) is 0 Å². The van der Waals surface area contributed by atoms with Crippen LogP contribution in [-0.4, -0.2) is 42.1 Å². The Bertz CT molecular complexity index is 993. The standard InChI is InChI=1S/C17H14F3N3O2S2/c18-17(19,20)9-8-10(11-2-1-7-26-11)22-15-12(9)13(21)14(27-15)16(24)23-3-5-25-6-4-23/h1-2,7-8H,3-6,21H2. The van der Waals surface area contributed by atoms with E-state index >= 15 is 0 Å². The van der Waals surface area contributed by atoms with E-state index in [0.717, 1.165) is 17.4 Å². The number of morpholine rings is 1. The zero-order valence-electron chi connectivity index (χ0n) is 13.9. The van der Waals surface area contributed by atoms with Crippen molar-refractivity contribution in [3.05, 3.63) is 34.0 Å². The molecule has 27 heavy (non-hydrogen) atoms. The lowest BCUT2D eigenvalue weighted by Gasteiger charge is -2.26. The van der Waals surface area contributed by atoms with Crippen molar-refractivity contribution >= 4 is 44.5 Å². The Morgan fingerprint density at radius 1 is 1.30 bits per heavy atom. The quantitative estimate of drug-likeness (QED) is 0.687. The van der Waals surface area contributed by atoms with Crippen LogP contribution in [0.1, 0.15) is 15.2 Å². The van der Waals surface area contributed by atoms with E-state index in [1.165, 1.54) is 16.2 Å². The minimum atomic E-state index is -4.61. The summed E-state index contributed by atoms with van der Waals surface area (Å²) in [6.45, 7) is 1.55. The molecule has 0 atom stereocenters. The largest absolute Gasteiger partial charge is 0.417 e. The Morgan fingerprint density at radius 2 is 2.04 bits per heavy atom. The number of aromatic nitrogens is 1. The summed E-state index contributed by atoms with van der Waals surface area (Å²) in [6, 6.07) is 4.45. The lowest BCUT2D eigenvalue weighted by Crippen LogP contribution is -2.40. The smallest absolute Gasteiger partial charge is 0.397 e. The molecule has 1 amide bonds. The second-order valence-corrected chi connectivity index (χ2v) is 7.91. The van der Waals surface area contributed by atoms with Gasteiger partial charge in [-0.25, -0.2) is 4.98 Å². The molecule has 5 nitrogen and oxygen atoms in total. The molecule has 1 fully saturated rings. The number of hydrogen-bond donors (Lipinski definition) is 1. The molecule has 4 heterocycles. The molecular weight excluding hydrogens is 399 g/mol. The van der Waals surface area contributed by atoms with Gasteiger partial charge in [0.05, 0.1) is 35.0 Å². The number of amides is 1. The first-order valence-electron chi connectivity index (χ1n) is 8.07. The molecule has 1 saturated heterocycles. The van der Waals surface area contributed by atoms with Crippen molar-refractivity contribution in [1.82, 2.24) is 9.88 Å². The van der Waals surface area contributed by atoms with Crippen LogP contribution in [0.4, 0.5) is 18.9 Å². The second-order valence-electron chi connectivity index (χ2n) is 5.96. The average molecular weight is 413 g/mol. The minimum absolute atomic E-state index is 0.0910. The van der Waals surface area contributed by atoms with Gasteiger partial charge < -0.3 is 15.4 Å². The number of carbonyl (C=O) groups is 1. The first-order chi connectivity index (χ1) is 12.9. The summed E-state index contributed by atoms with van der Waals surface area (Å²) in [5.74, 6) is -0.385. The van der Waals surface area contributed by atoms with Crippen LogP contribution in [0.15, 0.2) is 23.6 Å². The van der Waals surface area contributed by atoms with Crippen LogP contribution in [0, 0.1) is 0 Å². The highest BCUT2D eigenvalue weighted by molar-refractivity contribution is 7.21. The molecule has 0 bridgehead atoms. The van der Waals surface area contributed by atoms with Crippen LogP contribution in [0.3, 0.4) is 0 Å². The van der Waals surface area contributed by atoms with Crippen molar-refractivity contribution in [2.45, 2.75) is 6.18 Å². The van der Waals surface area contributed by atoms with Gasteiger partial charge in [-0.05, 0) is 17.5 Å². The van der Waals surface area contributed by atoms with E-state index in [2.05, 4.69) is 4.98 Å². The number of fused-ring (bicyclic) bond motifs is 1. The molecule has 3 aromatic rings. The molecule has 142 valence electrons. The molecule has 1 aliphatic heterocycles. The van der Waals surface area contributed by atoms with E-state index in [1.807, 2.05) is 0 Å². The summed E-state index contributed by atoms with van der Waals surface area (Å²) in [7, 11) is 0. The number of carbonyl (C=O) groups excluding carboxylic acids is 1. The van der Waals surface area contributed by atoms with Gasteiger partial charge in [0.2, 0.25) is 0 Å². The van der Waals surface area contributed by atoms with Crippen molar-refractivity contribution in [3.63, 3.8) is 0 Å². The summed E-state index contributed by atoms with van der Waals surface area (Å²) in [6.07, 6.45) is -4.61. The topological polar surface area (TPSA) is 68.5 Å². The Labute approximate surface area is 160 Å². The van der Waals surface area contributed by atoms with E-state index in [-0.39, 0.29) is 32.4 Å². The molecule has 0 unspecified atom stereocenters. The molecule has 0 saturated carbocycles. The molecule has 10 heteroatoms. The zero-order chi connectivity index (χ0) is 19.2. The van der Waals surface area contributed by atoms with Crippen molar-refractivity contribution in [2.24, 2.45) is 0 Å². The number of pyridine rings is 1. The Kier molecular flexibility index (Phi) is 4.57. The van der Waals surface area contributed by atoms with Crippen molar-refractivity contribution in [2.75, 3.05) is 32.0 Å². The van der Waals surface area contributed by atoms with Crippen molar-refractivity contribution in [3.8, 4) is 10.6 Å². The second kappa shape index (κ2) is 6.77. The SMILES string of the molecule is Nc1c(C(=O)N2CCOCC2)sc2nc(-c3cccs3)cc(C(F)(F)F)c12. The number of alkyl halides is 3. The molecule has 0 spiro atoms. The van der Waals surface area contributed by atoms with E-state index < -0.39 is 11.7 Å². The molecule has 0 aromatic carbocycles. The summed E-state index contributed by atoms with van der Waals surface area (Å²) < 4.78 is 46.3. The Hall–Kier alpha value is -2.17. The minimum Gasteiger partial charge on any atom is -0.397 e. The number of nitrogens with two attached hydrogens (primary N) is 1. The predicted octanol–water partition coefficient (Wildman–Crippen LogP) is 4.10. The van der Waals surface area contributed by atoms with Crippen LogP contribution in [0.5, 0.6) is 0 Å². The fraction of sp³-hybridized carbons (Fsp3) is 0.294. The number of ether oxygens (including phenoxy) is 1. The number of nitrogens with zero attached hydrogens (tertiary/aromatic N) is 2. The maximum absolute atomic E-state index is 13.7. The van der Waals surface area contributed by atoms with Gasteiger partial charge in [0.25, 0.3) is 5.91 Å². The summed E-state index contributed by atoms with van der Waals surface area (Å²) in [4.78, 5) is 19.5. The molecule has 0 aliphatic carbocycles. The molecule has 3 aromatic heterocycles. The van der Waals surface area contributed by atoms with E-state index in [1.54, 1.807) is 17.5 Å². The van der Waals surface area contributed by atoms with Gasteiger partial charge in [-0.1, -0.05) is 6.07 Å². The van der Waals surface area contributed by atoms with Gasteiger partial charge in [-0.2, -0.15) is 13.2 Å². The highest BCUT2D eigenvalue weighted by Crippen LogP contribution is 2.44. The molecule has 4 rings (SSSR count). The highest BCUT2D eigenvalue weighted by Gasteiger charge is 2.37. The lowest BCUT2D eigenvalue weighted by atomic mass is 10.1. The maximum Gasteiger partial charge on any atom is 0.417 e. The number of thiophene rings is 2. The van der Waals surface area contributed by atoms with Crippen molar-refractivity contribution < 1.29 is 22.7 Å². The van der Waals surface area contributed by atoms with Crippen LogP contribution in [0.25, 0.3) is 20.8 Å². The molecule has 0 radical (unpaired) electrons. The van der Waals surface area contributed by atoms with Gasteiger partial charge in [0, 0.05) is 18.5 Å². The van der Waals surface area contributed by atoms with Crippen LogP contribution in [0.2, 0.25) is 0 Å². The van der Waals surface area contributed by atoms with Gasteiger partial charge in [0.15, 0.2) is 0 Å². The average Bonchev–Trinajstić information content (AvgIpc) is 3.29. The third-order valence-electron chi connectivity index (χ3n) is 4.27. The van der Waals surface area contributed by atoms with E-state index in [0.29, 0.717) is 31.2 Å². The van der Waals surface area contributed by atoms with E-state index in [9.17, 15) is 18.0 Å². The number of anilines is 1. The van der Waals surface area contributed by atoms with Gasteiger partial charge in [-0.3, -0.25) is 4.79 Å². The lowest BCUT2D eigenvalue weighted by molar-refractivity contribution is -0.136. The van der Waals surface area contributed by atoms with Gasteiger partial charge in [0.1, 0.15) is 9.71 Å². The fourth-order valence-corrected chi connectivity index (χ4v) is 4.74. The summed E-state index contributed by atoms with van der Waals surface area (Å²) in [5, 5.41) is 1.56. The number of rotatable bonds is 2. The maximum atomic E-state index is 13.7. The Balaban J connectivity index is 1.88. The van der Waals surface area contributed by atoms with Crippen LogP contribution >= 0.6 is 22.7 Å². The first-order valence-corrected chi connectivity index (χ1v) is 9.77. The van der Waals surface area contributed by atoms with Gasteiger partial charge >= 0.3 is 6.18 Å². The van der Waals surface area contributed by atoms with Gasteiger partial charge in [-0.15, -0.1) is 22.7 Å². The highest BCUT2D eigenvalue weighted by atomic mass is 32.1. The number of nitrogen functional groups attached to an aromatic ring is 1. The summed E-state index contributed by atoms with van der Waals surface area (Å²) >= 11 is 2.20. The third-order valence-corrected chi connectivity index (χ3v) is 6.25. The van der Waals surface area contributed by atoms with E-state index in [4.69, 9.17) is 10.5 Å². The summed E-state index contributed by atoms with van der Waals surface area (Å²) in [5.41, 5.74) is 5.19. The Morgan fingerprint density at radius 3 is 2.67 bits per heavy atom. The molecular formula is C17H14F3N3O2S2. The first kappa shape index (κ1) is 18.2. The van der Waals surface area contributed by atoms with Crippen LogP contribution < -0.4 is 5.73 Å². The monoisotopic (exact) mass is 413 g/mol.